The summed E-state index contributed by atoms with van der Waals surface area (Å²) in [6.07, 6.45) is 2.86. The van der Waals surface area contributed by atoms with E-state index in [1.807, 2.05) is 71.2 Å². The van der Waals surface area contributed by atoms with Crippen molar-refractivity contribution in [3.05, 3.63) is 120 Å². The number of amides is 1. The molecule has 0 atom stereocenters. The van der Waals surface area contributed by atoms with Crippen LogP contribution in [0.5, 0.6) is 5.75 Å². The number of rotatable bonds is 7. The number of hydrogen-bond acceptors (Lipinski definition) is 4. The highest BCUT2D eigenvalue weighted by Crippen LogP contribution is 2.30. The fourth-order valence-corrected chi connectivity index (χ4v) is 4.71. The predicted molar refractivity (Wildman–Crippen MR) is 152 cm³/mol. The molecule has 1 amide bonds. The maximum Gasteiger partial charge on any atom is 0.416 e. The van der Waals surface area contributed by atoms with Crippen LogP contribution >= 0.6 is 0 Å². The molecule has 0 aliphatic rings. The van der Waals surface area contributed by atoms with Gasteiger partial charge in [0.1, 0.15) is 11.4 Å². The van der Waals surface area contributed by atoms with Gasteiger partial charge in [0.2, 0.25) is 0 Å². The number of benzene rings is 3. The number of imidazole rings is 1. The normalized spacial score (nSPS) is 11.6. The number of carbonyl (C=O) groups is 1. The summed E-state index contributed by atoms with van der Waals surface area (Å²) in [5.74, 6) is 0.163. The molecule has 0 saturated carbocycles. The molecule has 1 N–H and O–H groups in total. The van der Waals surface area contributed by atoms with Crippen LogP contribution in [-0.4, -0.2) is 37.0 Å². The zero-order valence-corrected chi connectivity index (χ0v) is 22.6. The van der Waals surface area contributed by atoms with Crippen molar-refractivity contribution in [3.8, 4) is 22.7 Å². The Kier molecular flexibility index (Phi) is 6.77. The molecule has 0 radical (unpaired) electrons. The Morgan fingerprint density at radius 2 is 1.81 bits per heavy atom. The topological polar surface area (TPSA) is 78.4 Å². The standard InChI is InChI=1S/C31H25F3N6O2/c1-20-6-9-25(36-30(41)22-4-3-5-24(14-22)31(32,33)34)15-28(20)39-12-13-40-29(39)16-27(37-40)23-17-35-38(19-23)18-21-7-10-26(42-2)11-8-21/h3-17,19H,18H2,1-2H3,(H,36,41). The van der Waals surface area contributed by atoms with Gasteiger partial charge in [-0.3, -0.25) is 14.0 Å². The minimum atomic E-state index is -4.54. The summed E-state index contributed by atoms with van der Waals surface area (Å²) in [4.78, 5) is 12.8. The first-order valence-corrected chi connectivity index (χ1v) is 13.0. The summed E-state index contributed by atoms with van der Waals surface area (Å²) in [5, 5.41) is 11.9. The lowest BCUT2D eigenvalue weighted by atomic mass is 10.1. The molecule has 11 heteroatoms. The minimum absolute atomic E-state index is 0.0803. The minimum Gasteiger partial charge on any atom is -0.497 e. The molecule has 8 nitrogen and oxygen atoms in total. The molecule has 0 spiro atoms. The van der Waals surface area contributed by atoms with E-state index >= 15 is 0 Å². The lowest BCUT2D eigenvalue weighted by Gasteiger charge is -2.12. The lowest BCUT2D eigenvalue weighted by molar-refractivity contribution is -0.137. The van der Waals surface area contributed by atoms with Crippen molar-refractivity contribution >= 4 is 17.2 Å². The Balaban J connectivity index is 1.24. The monoisotopic (exact) mass is 570 g/mol. The van der Waals surface area contributed by atoms with E-state index in [4.69, 9.17) is 9.84 Å². The highest BCUT2D eigenvalue weighted by molar-refractivity contribution is 6.04. The third-order valence-electron chi connectivity index (χ3n) is 6.93. The molecule has 0 aliphatic carbocycles. The second-order valence-corrected chi connectivity index (χ2v) is 9.81. The van der Waals surface area contributed by atoms with Crippen molar-refractivity contribution in [1.29, 1.82) is 0 Å². The molecule has 0 unspecified atom stereocenters. The average molecular weight is 571 g/mol. The van der Waals surface area contributed by atoms with Crippen molar-refractivity contribution in [2.45, 2.75) is 19.6 Å². The number of methoxy groups -OCH3 is 1. The van der Waals surface area contributed by atoms with Gasteiger partial charge in [-0.25, -0.2) is 4.52 Å². The average Bonchev–Trinajstić information content (AvgIpc) is 3.71. The number of nitrogens with zero attached hydrogens (tertiary/aromatic N) is 5. The SMILES string of the molecule is COc1ccc(Cn2cc(-c3cc4n(-c5cc(NC(=O)c6cccc(C(F)(F)F)c6)ccc5C)ccn4n3)cn2)cc1. The van der Waals surface area contributed by atoms with Crippen LogP contribution < -0.4 is 10.1 Å². The van der Waals surface area contributed by atoms with E-state index in [0.29, 0.717) is 12.2 Å². The molecule has 0 saturated heterocycles. The van der Waals surface area contributed by atoms with Gasteiger partial charge in [0, 0.05) is 41.5 Å². The van der Waals surface area contributed by atoms with Gasteiger partial charge >= 0.3 is 6.18 Å². The second-order valence-electron chi connectivity index (χ2n) is 9.81. The molecular formula is C31H25F3N6O2. The first-order chi connectivity index (χ1) is 20.2. The quantitative estimate of drug-likeness (QED) is 0.234. The van der Waals surface area contributed by atoms with Gasteiger partial charge in [-0.1, -0.05) is 24.3 Å². The molecule has 0 aliphatic heterocycles. The smallest absolute Gasteiger partial charge is 0.416 e. The van der Waals surface area contributed by atoms with Crippen LogP contribution in [0.3, 0.4) is 0 Å². The Bertz CT molecular complexity index is 1900. The van der Waals surface area contributed by atoms with Crippen molar-refractivity contribution in [2.24, 2.45) is 0 Å². The molecular weight excluding hydrogens is 545 g/mol. The molecule has 3 aromatic heterocycles. The molecule has 3 heterocycles. The summed E-state index contributed by atoms with van der Waals surface area (Å²) in [6.45, 7) is 2.53. The van der Waals surface area contributed by atoms with Crippen molar-refractivity contribution < 1.29 is 22.7 Å². The van der Waals surface area contributed by atoms with Gasteiger partial charge in [0.15, 0.2) is 0 Å². The summed E-state index contributed by atoms with van der Waals surface area (Å²) < 4.78 is 50.1. The number of anilines is 1. The molecule has 0 fully saturated rings. The van der Waals surface area contributed by atoms with E-state index in [9.17, 15) is 18.0 Å². The Morgan fingerprint density at radius 3 is 2.57 bits per heavy atom. The van der Waals surface area contributed by atoms with E-state index in [0.717, 1.165) is 51.6 Å². The Hall–Kier alpha value is -5.32. The maximum absolute atomic E-state index is 13.1. The van der Waals surface area contributed by atoms with Crippen LogP contribution in [0.4, 0.5) is 18.9 Å². The molecule has 6 rings (SSSR count). The van der Waals surface area contributed by atoms with Gasteiger partial charge in [0.05, 0.1) is 36.8 Å². The number of fused-ring (bicyclic) bond motifs is 1. The number of hydrogen-bond donors (Lipinski definition) is 1. The van der Waals surface area contributed by atoms with E-state index in [2.05, 4.69) is 10.4 Å². The first-order valence-electron chi connectivity index (χ1n) is 13.0. The van der Waals surface area contributed by atoms with Crippen molar-refractivity contribution in [3.63, 3.8) is 0 Å². The molecule has 6 aromatic rings. The van der Waals surface area contributed by atoms with Crippen LogP contribution in [-0.2, 0) is 12.7 Å². The molecule has 42 heavy (non-hydrogen) atoms. The number of nitrogens with one attached hydrogen (secondary N) is 1. The number of aromatic nitrogens is 5. The van der Waals surface area contributed by atoms with Gasteiger partial charge < -0.3 is 10.1 Å². The van der Waals surface area contributed by atoms with Crippen molar-refractivity contribution in [2.75, 3.05) is 12.4 Å². The van der Waals surface area contributed by atoms with Gasteiger partial charge in [-0.15, -0.1) is 0 Å². The highest BCUT2D eigenvalue weighted by Gasteiger charge is 2.31. The third kappa shape index (κ3) is 5.36. The fraction of sp³-hybridized carbons (Fsp3) is 0.129. The van der Waals surface area contributed by atoms with Gasteiger partial charge in [-0.05, 0) is 60.5 Å². The van der Waals surface area contributed by atoms with Gasteiger partial charge in [-0.2, -0.15) is 23.4 Å². The second kappa shape index (κ2) is 10.6. The zero-order valence-electron chi connectivity index (χ0n) is 22.6. The van der Waals surface area contributed by atoms with Crippen LogP contribution in [0.2, 0.25) is 0 Å². The van der Waals surface area contributed by atoms with E-state index in [-0.39, 0.29) is 5.56 Å². The Morgan fingerprint density at radius 1 is 1.00 bits per heavy atom. The zero-order chi connectivity index (χ0) is 29.4. The predicted octanol–water partition coefficient (Wildman–Crippen LogP) is 6.62. The largest absolute Gasteiger partial charge is 0.497 e. The summed E-state index contributed by atoms with van der Waals surface area (Å²) in [5.41, 5.74) is 4.68. The van der Waals surface area contributed by atoms with Gasteiger partial charge in [0.25, 0.3) is 5.91 Å². The number of ether oxygens (including phenoxy) is 1. The summed E-state index contributed by atoms with van der Waals surface area (Å²) in [6, 6.07) is 19.4. The number of alkyl halides is 3. The third-order valence-corrected chi connectivity index (χ3v) is 6.93. The summed E-state index contributed by atoms with van der Waals surface area (Å²) >= 11 is 0. The number of carbonyl (C=O) groups excluding carboxylic acids is 1. The van der Waals surface area contributed by atoms with Crippen molar-refractivity contribution in [1.82, 2.24) is 24.0 Å². The highest BCUT2D eigenvalue weighted by atomic mass is 19.4. The molecule has 212 valence electrons. The number of aryl methyl sites for hydroxylation is 1. The lowest BCUT2D eigenvalue weighted by Crippen LogP contribution is -2.14. The molecule has 3 aromatic carbocycles. The van der Waals surface area contributed by atoms with E-state index in [1.165, 1.54) is 12.1 Å². The van der Waals surface area contributed by atoms with Crippen LogP contribution in [0.15, 0.2) is 97.6 Å². The van der Waals surface area contributed by atoms with E-state index in [1.54, 1.807) is 30.0 Å². The van der Waals surface area contributed by atoms with Crippen LogP contribution in [0.25, 0.3) is 22.6 Å². The summed E-state index contributed by atoms with van der Waals surface area (Å²) in [7, 11) is 1.63. The van der Waals surface area contributed by atoms with Crippen LogP contribution in [0.1, 0.15) is 27.0 Å². The fourth-order valence-electron chi connectivity index (χ4n) is 4.71. The molecule has 0 bridgehead atoms. The Labute approximate surface area is 238 Å². The van der Waals surface area contributed by atoms with E-state index < -0.39 is 17.6 Å². The maximum atomic E-state index is 13.1. The first kappa shape index (κ1) is 26.9. The van der Waals surface area contributed by atoms with Crippen LogP contribution in [0, 0.1) is 6.92 Å². The number of halogens is 3.